The van der Waals surface area contributed by atoms with Crippen molar-refractivity contribution in [3.05, 3.63) is 35.9 Å². The molecule has 0 amide bonds. The Labute approximate surface area is 101 Å². The summed E-state index contributed by atoms with van der Waals surface area (Å²) in [5, 5.41) is 18.6. The number of thioether (sulfide) groups is 1. The van der Waals surface area contributed by atoms with E-state index in [0.717, 1.165) is 5.56 Å². The molecule has 0 aliphatic carbocycles. The highest BCUT2D eigenvalue weighted by atomic mass is 32.2. The Morgan fingerprint density at radius 1 is 1.31 bits per heavy atom. The summed E-state index contributed by atoms with van der Waals surface area (Å²) >= 11 is 1.66. The van der Waals surface area contributed by atoms with Gasteiger partial charge in [-0.3, -0.25) is 0 Å². The molecule has 3 atom stereocenters. The van der Waals surface area contributed by atoms with Crippen LogP contribution in [0.2, 0.25) is 0 Å². The number of rotatable bonds is 5. The van der Waals surface area contributed by atoms with Crippen molar-refractivity contribution in [3.8, 4) is 6.07 Å². The molecule has 3 heteroatoms. The summed E-state index contributed by atoms with van der Waals surface area (Å²) in [4.78, 5) is 0. The lowest BCUT2D eigenvalue weighted by Crippen LogP contribution is -2.16. The maximum absolute atomic E-state index is 9.48. The van der Waals surface area contributed by atoms with E-state index in [1.54, 1.807) is 18.7 Å². The van der Waals surface area contributed by atoms with Crippen LogP contribution >= 0.6 is 11.8 Å². The standard InChI is InChI=1S/C13H17NOS/c1-10(15)11(2)16-13(8-9-14)12-6-4-3-5-7-12/h3-7,10-11,13,15H,8H2,1-2H3. The van der Waals surface area contributed by atoms with E-state index >= 15 is 0 Å². The molecule has 3 unspecified atom stereocenters. The van der Waals surface area contributed by atoms with Gasteiger partial charge in [-0.2, -0.15) is 5.26 Å². The Bertz CT molecular complexity index is 345. The second kappa shape index (κ2) is 6.57. The van der Waals surface area contributed by atoms with E-state index in [0.29, 0.717) is 6.42 Å². The Hall–Kier alpha value is -0.980. The van der Waals surface area contributed by atoms with Gasteiger partial charge in [0.25, 0.3) is 0 Å². The molecule has 0 heterocycles. The predicted octanol–water partition coefficient (Wildman–Crippen LogP) is 3.14. The van der Waals surface area contributed by atoms with Crippen molar-refractivity contribution in [1.29, 1.82) is 5.26 Å². The molecule has 0 aromatic heterocycles. The van der Waals surface area contributed by atoms with E-state index < -0.39 is 0 Å². The van der Waals surface area contributed by atoms with Crippen molar-refractivity contribution in [1.82, 2.24) is 0 Å². The maximum atomic E-state index is 9.48. The van der Waals surface area contributed by atoms with Crippen LogP contribution in [0.5, 0.6) is 0 Å². The van der Waals surface area contributed by atoms with Crippen LogP contribution < -0.4 is 0 Å². The number of nitrogens with zero attached hydrogens (tertiary/aromatic N) is 1. The maximum Gasteiger partial charge on any atom is 0.0636 e. The first-order valence-corrected chi connectivity index (χ1v) is 6.35. The van der Waals surface area contributed by atoms with E-state index in [1.807, 2.05) is 37.3 Å². The third-order valence-electron chi connectivity index (χ3n) is 2.51. The minimum absolute atomic E-state index is 0.138. The first-order valence-electron chi connectivity index (χ1n) is 5.40. The molecule has 1 aromatic rings. The summed E-state index contributed by atoms with van der Waals surface area (Å²) < 4.78 is 0. The molecule has 0 radical (unpaired) electrons. The molecule has 0 fully saturated rings. The van der Waals surface area contributed by atoms with Gasteiger partial charge >= 0.3 is 0 Å². The van der Waals surface area contributed by atoms with E-state index in [9.17, 15) is 5.11 Å². The highest BCUT2D eigenvalue weighted by Gasteiger charge is 2.18. The van der Waals surface area contributed by atoms with Gasteiger partial charge in [-0.15, -0.1) is 11.8 Å². The Morgan fingerprint density at radius 2 is 1.94 bits per heavy atom. The average molecular weight is 235 g/mol. The lowest BCUT2D eigenvalue weighted by molar-refractivity contribution is 0.196. The molecule has 0 saturated heterocycles. The molecule has 1 rings (SSSR count). The van der Waals surface area contributed by atoms with Gasteiger partial charge in [-0.05, 0) is 12.5 Å². The third kappa shape index (κ3) is 3.88. The molecule has 0 aliphatic heterocycles. The molecule has 86 valence electrons. The van der Waals surface area contributed by atoms with E-state index in [1.165, 1.54) is 0 Å². The molecule has 16 heavy (non-hydrogen) atoms. The smallest absolute Gasteiger partial charge is 0.0636 e. The van der Waals surface area contributed by atoms with Crippen LogP contribution in [0.1, 0.15) is 31.1 Å². The van der Waals surface area contributed by atoms with Crippen LogP contribution in [0.25, 0.3) is 0 Å². The molecule has 2 nitrogen and oxygen atoms in total. The van der Waals surface area contributed by atoms with E-state index in [4.69, 9.17) is 5.26 Å². The Balaban J connectivity index is 2.73. The molecule has 0 spiro atoms. The van der Waals surface area contributed by atoms with Crippen LogP contribution in [-0.2, 0) is 0 Å². The topological polar surface area (TPSA) is 44.0 Å². The summed E-state index contributed by atoms with van der Waals surface area (Å²) in [6.45, 7) is 3.77. The molecule has 0 aliphatic rings. The van der Waals surface area contributed by atoms with E-state index in [2.05, 4.69) is 6.07 Å². The number of benzene rings is 1. The zero-order valence-corrected chi connectivity index (χ0v) is 10.4. The van der Waals surface area contributed by atoms with Crippen LogP contribution in [0.3, 0.4) is 0 Å². The van der Waals surface area contributed by atoms with Gasteiger partial charge in [-0.1, -0.05) is 37.3 Å². The van der Waals surface area contributed by atoms with Crippen molar-refractivity contribution in [2.24, 2.45) is 0 Å². The van der Waals surface area contributed by atoms with Gasteiger partial charge in [0.2, 0.25) is 0 Å². The first kappa shape index (κ1) is 13.1. The van der Waals surface area contributed by atoms with Gasteiger partial charge in [0.1, 0.15) is 0 Å². The van der Waals surface area contributed by atoms with E-state index in [-0.39, 0.29) is 16.6 Å². The quantitative estimate of drug-likeness (QED) is 0.852. The van der Waals surface area contributed by atoms with Crippen LogP contribution in [0.4, 0.5) is 0 Å². The largest absolute Gasteiger partial charge is 0.392 e. The van der Waals surface area contributed by atoms with Crippen LogP contribution in [-0.4, -0.2) is 16.5 Å². The van der Waals surface area contributed by atoms with Gasteiger partial charge in [0.05, 0.1) is 18.6 Å². The number of aliphatic hydroxyl groups is 1. The van der Waals surface area contributed by atoms with Gasteiger partial charge in [0.15, 0.2) is 0 Å². The summed E-state index contributed by atoms with van der Waals surface area (Å²) in [5.74, 6) is 0. The van der Waals surface area contributed by atoms with Crippen LogP contribution in [0, 0.1) is 11.3 Å². The highest BCUT2D eigenvalue weighted by Crippen LogP contribution is 2.35. The molecular weight excluding hydrogens is 218 g/mol. The molecular formula is C13H17NOS. The van der Waals surface area contributed by atoms with Gasteiger partial charge in [-0.25, -0.2) is 0 Å². The lowest BCUT2D eigenvalue weighted by atomic mass is 10.1. The number of nitriles is 1. The zero-order valence-electron chi connectivity index (χ0n) is 9.63. The first-order chi connectivity index (χ1) is 7.65. The summed E-state index contributed by atoms with van der Waals surface area (Å²) in [5.41, 5.74) is 1.15. The molecule has 0 bridgehead atoms. The van der Waals surface area contributed by atoms with Crippen molar-refractivity contribution in [2.45, 2.75) is 36.9 Å². The second-order valence-corrected chi connectivity index (χ2v) is 5.43. The van der Waals surface area contributed by atoms with Crippen molar-refractivity contribution < 1.29 is 5.11 Å². The van der Waals surface area contributed by atoms with Crippen molar-refractivity contribution >= 4 is 11.8 Å². The number of hydrogen-bond donors (Lipinski definition) is 1. The molecule has 0 saturated carbocycles. The molecule has 1 N–H and O–H groups in total. The highest BCUT2D eigenvalue weighted by molar-refractivity contribution is 8.00. The van der Waals surface area contributed by atoms with Crippen molar-refractivity contribution in [3.63, 3.8) is 0 Å². The van der Waals surface area contributed by atoms with Gasteiger partial charge < -0.3 is 5.11 Å². The fourth-order valence-electron chi connectivity index (χ4n) is 1.37. The Morgan fingerprint density at radius 3 is 2.44 bits per heavy atom. The monoisotopic (exact) mass is 235 g/mol. The fourth-order valence-corrected chi connectivity index (χ4v) is 2.60. The summed E-state index contributed by atoms with van der Waals surface area (Å²) in [7, 11) is 0. The van der Waals surface area contributed by atoms with Crippen LogP contribution in [0.15, 0.2) is 30.3 Å². The zero-order chi connectivity index (χ0) is 12.0. The lowest BCUT2D eigenvalue weighted by Gasteiger charge is -2.20. The minimum Gasteiger partial charge on any atom is -0.392 e. The predicted molar refractivity (Wildman–Crippen MR) is 68.1 cm³/mol. The van der Waals surface area contributed by atoms with Gasteiger partial charge in [0, 0.05) is 10.5 Å². The number of aliphatic hydroxyl groups excluding tert-OH is 1. The average Bonchev–Trinajstić information content (AvgIpc) is 2.29. The third-order valence-corrected chi connectivity index (χ3v) is 4.10. The minimum atomic E-state index is -0.352. The summed E-state index contributed by atoms with van der Waals surface area (Å²) in [6.07, 6.45) is 0.126. The normalized spacial score (nSPS) is 16.1. The summed E-state index contributed by atoms with van der Waals surface area (Å²) in [6, 6.07) is 12.2. The SMILES string of the molecule is CC(O)C(C)SC(CC#N)c1ccccc1. The second-order valence-electron chi connectivity index (χ2n) is 3.84. The number of hydrogen-bond acceptors (Lipinski definition) is 3. The Kier molecular flexibility index (Phi) is 5.37. The van der Waals surface area contributed by atoms with Crippen molar-refractivity contribution in [2.75, 3.05) is 0 Å². The fraction of sp³-hybridized carbons (Fsp3) is 0.462. The molecule has 1 aromatic carbocycles.